The Hall–Kier alpha value is -3.85. The molecule has 1 aliphatic heterocycles. The van der Waals surface area contributed by atoms with Crippen molar-refractivity contribution in [3.63, 3.8) is 0 Å². The zero-order valence-corrected chi connectivity index (χ0v) is 16.6. The average molecular weight is 390 g/mol. The lowest BCUT2D eigenvalue weighted by molar-refractivity contribution is -0.118. The van der Waals surface area contributed by atoms with Gasteiger partial charge in [0.25, 0.3) is 5.91 Å². The Kier molecular flexibility index (Phi) is 4.78. The zero-order valence-electron chi connectivity index (χ0n) is 16.6. The van der Waals surface area contributed by atoms with E-state index < -0.39 is 0 Å². The van der Waals surface area contributed by atoms with Crippen molar-refractivity contribution >= 4 is 17.3 Å². The second kappa shape index (κ2) is 7.88. The number of anilines is 2. The predicted octanol–water partition coefficient (Wildman–Crippen LogP) is 5.79. The summed E-state index contributed by atoms with van der Waals surface area (Å²) in [4.78, 5) is 13.9. The fourth-order valence-electron chi connectivity index (χ4n) is 4.15. The van der Waals surface area contributed by atoms with Crippen molar-refractivity contribution in [1.82, 2.24) is 0 Å². The maximum absolute atomic E-state index is 13.9. The smallest absolute Gasteiger partial charge is 0.257 e. The Labute approximate surface area is 176 Å². The van der Waals surface area contributed by atoms with Crippen LogP contribution in [0.5, 0.6) is 0 Å². The molecule has 0 saturated heterocycles. The SMILES string of the molecule is O=C1C(c2ccccc2)c2ccccc2N1N(Cc1ccccc1)c1ccccc1. The lowest BCUT2D eigenvalue weighted by Gasteiger charge is -2.34. The minimum atomic E-state index is -0.301. The number of nitrogens with zero attached hydrogens (tertiary/aromatic N) is 2. The standard InChI is InChI=1S/C27H22N2O/c30-27-26(22-14-6-2-7-15-22)24-18-10-11-19-25(24)29(27)28(23-16-8-3-9-17-23)20-21-12-4-1-5-13-21/h1-19,26H,20H2. The third kappa shape index (κ3) is 3.25. The van der Waals surface area contributed by atoms with Crippen LogP contribution in [0.2, 0.25) is 0 Å². The normalized spacial score (nSPS) is 15.1. The molecule has 4 aromatic rings. The Morgan fingerprint density at radius 3 is 1.93 bits per heavy atom. The molecule has 0 radical (unpaired) electrons. The van der Waals surface area contributed by atoms with Gasteiger partial charge >= 0.3 is 0 Å². The quantitative estimate of drug-likeness (QED) is 0.431. The molecule has 0 N–H and O–H groups in total. The molecule has 3 heteroatoms. The summed E-state index contributed by atoms with van der Waals surface area (Å²) in [6.45, 7) is 0.604. The van der Waals surface area contributed by atoms with Gasteiger partial charge in [-0.25, -0.2) is 5.01 Å². The van der Waals surface area contributed by atoms with Crippen molar-refractivity contribution < 1.29 is 4.79 Å². The molecule has 3 nitrogen and oxygen atoms in total. The topological polar surface area (TPSA) is 23.6 Å². The van der Waals surface area contributed by atoms with Crippen LogP contribution in [0.1, 0.15) is 22.6 Å². The predicted molar refractivity (Wildman–Crippen MR) is 121 cm³/mol. The molecule has 0 saturated carbocycles. The molecule has 0 bridgehead atoms. The highest BCUT2D eigenvalue weighted by molar-refractivity contribution is 6.08. The Morgan fingerprint density at radius 2 is 1.23 bits per heavy atom. The Morgan fingerprint density at radius 1 is 0.667 bits per heavy atom. The molecule has 0 aliphatic carbocycles. The molecule has 4 aromatic carbocycles. The van der Waals surface area contributed by atoms with Crippen LogP contribution in [0, 0.1) is 0 Å². The number of para-hydroxylation sites is 2. The van der Waals surface area contributed by atoms with Crippen LogP contribution in [-0.4, -0.2) is 5.91 Å². The summed E-state index contributed by atoms with van der Waals surface area (Å²) >= 11 is 0. The number of carbonyl (C=O) groups is 1. The van der Waals surface area contributed by atoms with E-state index in [4.69, 9.17) is 0 Å². The maximum atomic E-state index is 13.9. The van der Waals surface area contributed by atoms with E-state index in [-0.39, 0.29) is 11.8 Å². The highest BCUT2D eigenvalue weighted by Gasteiger charge is 2.41. The van der Waals surface area contributed by atoms with E-state index in [0.717, 1.165) is 28.1 Å². The van der Waals surface area contributed by atoms with E-state index in [1.54, 1.807) is 0 Å². The van der Waals surface area contributed by atoms with Crippen LogP contribution in [0.4, 0.5) is 11.4 Å². The first-order chi connectivity index (χ1) is 14.8. The Balaban J connectivity index is 1.63. The number of fused-ring (bicyclic) bond motifs is 1. The van der Waals surface area contributed by atoms with Gasteiger partial charge in [-0.15, -0.1) is 0 Å². The number of hydrazine groups is 1. The van der Waals surface area contributed by atoms with Gasteiger partial charge in [-0.1, -0.05) is 97.1 Å². The van der Waals surface area contributed by atoms with E-state index >= 15 is 0 Å². The van der Waals surface area contributed by atoms with Crippen LogP contribution in [0.15, 0.2) is 115 Å². The number of amides is 1. The van der Waals surface area contributed by atoms with Crippen molar-refractivity contribution in [2.75, 3.05) is 10.0 Å². The maximum Gasteiger partial charge on any atom is 0.257 e. The van der Waals surface area contributed by atoms with Crippen molar-refractivity contribution in [3.8, 4) is 0 Å². The van der Waals surface area contributed by atoms with E-state index in [2.05, 4.69) is 35.3 Å². The summed E-state index contributed by atoms with van der Waals surface area (Å²) in [7, 11) is 0. The second-order valence-electron chi connectivity index (χ2n) is 7.43. The zero-order chi connectivity index (χ0) is 20.3. The lowest BCUT2D eigenvalue weighted by Crippen LogP contribution is -2.45. The highest BCUT2D eigenvalue weighted by atomic mass is 16.2. The molecule has 30 heavy (non-hydrogen) atoms. The van der Waals surface area contributed by atoms with Crippen LogP contribution in [-0.2, 0) is 11.3 Å². The first-order valence-corrected chi connectivity index (χ1v) is 10.2. The van der Waals surface area contributed by atoms with Gasteiger partial charge in [0.1, 0.15) is 0 Å². The van der Waals surface area contributed by atoms with Crippen LogP contribution >= 0.6 is 0 Å². The number of hydrogen-bond acceptors (Lipinski definition) is 2. The highest BCUT2D eigenvalue weighted by Crippen LogP contribution is 2.43. The molecule has 1 aliphatic rings. The summed E-state index contributed by atoms with van der Waals surface area (Å²) in [6.07, 6.45) is 0. The van der Waals surface area contributed by atoms with Crippen molar-refractivity contribution in [2.24, 2.45) is 0 Å². The van der Waals surface area contributed by atoms with Crippen molar-refractivity contribution in [3.05, 3.63) is 132 Å². The molecule has 0 fully saturated rings. The molecule has 1 amide bonds. The average Bonchev–Trinajstić information content (AvgIpc) is 3.11. The fraction of sp³-hybridized carbons (Fsp3) is 0.0741. The van der Waals surface area contributed by atoms with Gasteiger partial charge in [-0.3, -0.25) is 9.80 Å². The first kappa shape index (κ1) is 18.2. The van der Waals surface area contributed by atoms with Crippen molar-refractivity contribution in [1.29, 1.82) is 0 Å². The Bertz CT molecular complexity index is 1140. The van der Waals surface area contributed by atoms with Gasteiger partial charge < -0.3 is 0 Å². The van der Waals surface area contributed by atoms with E-state index in [0.29, 0.717) is 6.54 Å². The summed E-state index contributed by atoms with van der Waals surface area (Å²) in [6, 6.07) is 38.5. The number of carbonyl (C=O) groups excluding carboxylic acids is 1. The third-order valence-corrected chi connectivity index (χ3v) is 5.54. The van der Waals surface area contributed by atoms with Gasteiger partial charge in [-0.2, -0.15) is 0 Å². The molecular formula is C27H22N2O. The largest absolute Gasteiger partial charge is 0.274 e. The fourth-order valence-corrected chi connectivity index (χ4v) is 4.15. The molecule has 1 atom stereocenters. The molecule has 1 heterocycles. The van der Waals surface area contributed by atoms with Gasteiger partial charge in [0.05, 0.1) is 23.8 Å². The number of rotatable bonds is 5. The summed E-state index contributed by atoms with van der Waals surface area (Å²) < 4.78 is 0. The molecule has 0 spiro atoms. The molecule has 5 rings (SSSR count). The minimum absolute atomic E-state index is 0.0715. The van der Waals surface area contributed by atoms with E-state index in [1.165, 1.54) is 0 Å². The van der Waals surface area contributed by atoms with Gasteiger partial charge in [0.15, 0.2) is 0 Å². The molecular weight excluding hydrogens is 368 g/mol. The van der Waals surface area contributed by atoms with Gasteiger partial charge in [0, 0.05) is 0 Å². The summed E-state index contributed by atoms with van der Waals surface area (Å²) in [5.74, 6) is -0.230. The lowest BCUT2D eigenvalue weighted by atomic mass is 9.93. The molecule has 0 aromatic heterocycles. The first-order valence-electron chi connectivity index (χ1n) is 10.2. The molecule has 146 valence electrons. The van der Waals surface area contributed by atoms with Gasteiger partial charge in [0.2, 0.25) is 0 Å². The van der Waals surface area contributed by atoms with E-state index in [1.807, 2.05) is 89.9 Å². The van der Waals surface area contributed by atoms with Crippen molar-refractivity contribution in [2.45, 2.75) is 12.5 Å². The van der Waals surface area contributed by atoms with Gasteiger partial charge in [-0.05, 0) is 34.9 Å². The van der Waals surface area contributed by atoms with E-state index in [9.17, 15) is 4.79 Å². The summed E-state index contributed by atoms with van der Waals surface area (Å²) in [5.41, 5.74) is 5.14. The third-order valence-electron chi connectivity index (χ3n) is 5.54. The monoisotopic (exact) mass is 390 g/mol. The number of hydrogen-bond donors (Lipinski definition) is 0. The molecule has 1 unspecified atom stereocenters. The number of benzene rings is 4. The minimum Gasteiger partial charge on any atom is -0.274 e. The summed E-state index contributed by atoms with van der Waals surface area (Å²) in [5, 5.41) is 3.94. The van der Waals surface area contributed by atoms with Crippen LogP contribution in [0.25, 0.3) is 0 Å². The second-order valence-corrected chi connectivity index (χ2v) is 7.43. The van der Waals surface area contributed by atoms with Crippen LogP contribution < -0.4 is 10.0 Å². The van der Waals surface area contributed by atoms with Crippen LogP contribution in [0.3, 0.4) is 0 Å².